The maximum Gasteiger partial charge on any atom is 0.230 e. The van der Waals surface area contributed by atoms with Gasteiger partial charge < -0.3 is 9.42 Å². The van der Waals surface area contributed by atoms with Gasteiger partial charge in [-0.3, -0.25) is 9.78 Å². The van der Waals surface area contributed by atoms with Gasteiger partial charge in [-0.15, -0.1) is 0 Å². The number of hydrogen-bond acceptors (Lipinski definition) is 5. The number of likely N-dealkylation sites (tertiary alicyclic amines) is 1. The highest BCUT2D eigenvalue weighted by atomic mass is 35.5. The van der Waals surface area contributed by atoms with Crippen molar-refractivity contribution in [1.82, 2.24) is 20.0 Å². The largest absolute Gasteiger partial charge is 0.342 e. The van der Waals surface area contributed by atoms with Gasteiger partial charge in [-0.1, -0.05) is 40.5 Å². The molecule has 3 heterocycles. The third-order valence-electron chi connectivity index (χ3n) is 4.87. The lowest BCUT2D eigenvalue weighted by molar-refractivity contribution is -0.131. The lowest BCUT2D eigenvalue weighted by Gasteiger charge is -2.30. The molecule has 0 radical (unpaired) electrons. The van der Waals surface area contributed by atoms with Gasteiger partial charge in [0.25, 0.3) is 0 Å². The number of carbonyl (C=O) groups excluding carboxylic acids is 1. The number of pyridine rings is 1. The van der Waals surface area contributed by atoms with Gasteiger partial charge in [-0.05, 0) is 42.7 Å². The number of benzene rings is 1. The Morgan fingerprint density at radius 3 is 2.68 bits per heavy atom. The highest BCUT2D eigenvalue weighted by molar-refractivity contribution is 6.42. The molecule has 1 aliphatic rings. The van der Waals surface area contributed by atoms with Crippen LogP contribution in [0.3, 0.4) is 0 Å². The molecule has 0 atom stereocenters. The monoisotopic (exact) mass is 416 g/mol. The summed E-state index contributed by atoms with van der Waals surface area (Å²) in [5, 5.41) is 4.99. The third-order valence-corrected chi connectivity index (χ3v) is 5.61. The van der Waals surface area contributed by atoms with Gasteiger partial charge in [0.2, 0.25) is 17.6 Å². The molecule has 0 unspecified atom stereocenters. The summed E-state index contributed by atoms with van der Waals surface area (Å²) in [6.45, 7) is 1.32. The zero-order valence-corrected chi connectivity index (χ0v) is 16.5. The summed E-state index contributed by atoms with van der Waals surface area (Å²) < 4.78 is 5.44. The minimum Gasteiger partial charge on any atom is -0.342 e. The number of piperidine rings is 1. The van der Waals surface area contributed by atoms with E-state index in [1.807, 2.05) is 29.2 Å². The van der Waals surface area contributed by atoms with Crippen LogP contribution in [-0.2, 0) is 11.2 Å². The number of aromatic nitrogens is 3. The van der Waals surface area contributed by atoms with E-state index in [9.17, 15) is 4.79 Å². The van der Waals surface area contributed by atoms with Crippen LogP contribution in [0.5, 0.6) is 0 Å². The first kappa shape index (κ1) is 18.9. The van der Waals surface area contributed by atoms with E-state index in [0.29, 0.717) is 47.0 Å². The molecule has 1 fully saturated rings. The summed E-state index contributed by atoms with van der Waals surface area (Å²) >= 11 is 12.0. The molecule has 1 amide bonds. The molecule has 144 valence electrons. The SMILES string of the molecule is O=C(Cc1ccc(Cl)c(Cl)c1)N1CCC(c2nc(-c3ccccn3)no2)CC1. The number of carbonyl (C=O) groups is 1. The molecule has 1 aliphatic heterocycles. The second-order valence-electron chi connectivity index (χ2n) is 6.75. The number of hydrogen-bond donors (Lipinski definition) is 0. The predicted molar refractivity (Wildman–Crippen MR) is 106 cm³/mol. The summed E-state index contributed by atoms with van der Waals surface area (Å²) in [6.07, 6.45) is 3.59. The molecular weight excluding hydrogens is 399 g/mol. The third kappa shape index (κ3) is 4.18. The molecule has 0 aliphatic carbocycles. The maximum absolute atomic E-state index is 12.6. The Morgan fingerprint density at radius 1 is 1.14 bits per heavy atom. The van der Waals surface area contributed by atoms with E-state index in [0.717, 1.165) is 18.4 Å². The van der Waals surface area contributed by atoms with Crippen molar-refractivity contribution in [2.45, 2.75) is 25.2 Å². The zero-order valence-electron chi connectivity index (χ0n) is 15.0. The van der Waals surface area contributed by atoms with Gasteiger partial charge in [-0.25, -0.2) is 0 Å². The minimum absolute atomic E-state index is 0.0801. The Hall–Kier alpha value is -2.44. The van der Waals surface area contributed by atoms with Crippen LogP contribution < -0.4 is 0 Å². The van der Waals surface area contributed by atoms with Crippen molar-refractivity contribution in [2.75, 3.05) is 13.1 Å². The molecule has 0 saturated carbocycles. The summed E-state index contributed by atoms with van der Waals surface area (Å²) in [5.41, 5.74) is 1.55. The van der Waals surface area contributed by atoms with Crippen molar-refractivity contribution in [1.29, 1.82) is 0 Å². The first-order valence-electron chi connectivity index (χ1n) is 9.07. The van der Waals surface area contributed by atoms with Crippen LogP contribution in [0, 0.1) is 0 Å². The fourth-order valence-corrected chi connectivity index (χ4v) is 3.63. The molecule has 0 bridgehead atoms. The van der Waals surface area contributed by atoms with E-state index in [-0.39, 0.29) is 11.8 Å². The second-order valence-corrected chi connectivity index (χ2v) is 7.57. The van der Waals surface area contributed by atoms with Crippen molar-refractivity contribution < 1.29 is 9.32 Å². The standard InChI is InChI=1S/C20H18Cl2N4O2/c21-15-5-4-13(11-16(15)22)12-18(27)26-9-6-14(7-10-26)20-24-19(25-28-20)17-3-1-2-8-23-17/h1-5,8,11,14H,6-7,9-10,12H2. The number of rotatable bonds is 4. The van der Waals surface area contributed by atoms with Crippen LogP contribution in [-0.4, -0.2) is 39.0 Å². The minimum atomic E-state index is 0.0801. The average molecular weight is 417 g/mol. The van der Waals surface area contributed by atoms with E-state index in [2.05, 4.69) is 15.1 Å². The summed E-state index contributed by atoms with van der Waals surface area (Å²) in [6, 6.07) is 10.9. The Bertz CT molecular complexity index is 969. The lowest BCUT2D eigenvalue weighted by Crippen LogP contribution is -2.38. The van der Waals surface area contributed by atoms with Crippen molar-refractivity contribution >= 4 is 29.1 Å². The smallest absolute Gasteiger partial charge is 0.230 e. The molecule has 28 heavy (non-hydrogen) atoms. The normalized spacial score (nSPS) is 15.0. The van der Waals surface area contributed by atoms with Crippen LogP contribution in [0.15, 0.2) is 47.1 Å². The van der Waals surface area contributed by atoms with Gasteiger partial charge in [0, 0.05) is 25.2 Å². The molecule has 6 nitrogen and oxygen atoms in total. The molecule has 4 rings (SSSR count). The molecular formula is C20H18Cl2N4O2. The molecule has 2 aromatic heterocycles. The van der Waals surface area contributed by atoms with Gasteiger partial charge in [0.1, 0.15) is 5.69 Å². The van der Waals surface area contributed by atoms with E-state index < -0.39 is 0 Å². The Labute approximate surface area is 172 Å². The Morgan fingerprint density at radius 2 is 1.96 bits per heavy atom. The van der Waals surface area contributed by atoms with Crippen molar-refractivity contribution in [3.63, 3.8) is 0 Å². The van der Waals surface area contributed by atoms with Crippen LogP contribution >= 0.6 is 23.2 Å². The molecule has 1 aromatic carbocycles. The molecule has 0 spiro atoms. The topological polar surface area (TPSA) is 72.1 Å². The van der Waals surface area contributed by atoms with Gasteiger partial charge >= 0.3 is 0 Å². The van der Waals surface area contributed by atoms with Gasteiger partial charge in [0.15, 0.2) is 0 Å². The lowest BCUT2D eigenvalue weighted by atomic mass is 9.96. The van der Waals surface area contributed by atoms with Crippen LogP contribution in [0.4, 0.5) is 0 Å². The summed E-state index contributed by atoms with van der Waals surface area (Å²) in [7, 11) is 0. The number of amides is 1. The number of halogens is 2. The van der Waals surface area contributed by atoms with E-state index >= 15 is 0 Å². The summed E-state index contributed by atoms with van der Waals surface area (Å²) in [4.78, 5) is 23.2. The summed E-state index contributed by atoms with van der Waals surface area (Å²) in [5.74, 6) is 1.33. The maximum atomic E-state index is 12.6. The van der Waals surface area contributed by atoms with Gasteiger partial charge in [0.05, 0.1) is 16.5 Å². The molecule has 0 N–H and O–H groups in total. The fraction of sp³-hybridized carbons (Fsp3) is 0.300. The number of nitrogens with zero attached hydrogens (tertiary/aromatic N) is 4. The molecule has 3 aromatic rings. The van der Waals surface area contributed by atoms with Crippen molar-refractivity contribution in [3.8, 4) is 11.5 Å². The second kappa shape index (κ2) is 8.29. The zero-order chi connectivity index (χ0) is 19.5. The van der Waals surface area contributed by atoms with E-state index in [4.69, 9.17) is 27.7 Å². The van der Waals surface area contributed by atoms with E-state index in [1.165, 1.54) is 0 Å². The Kier molecular flexibility index (Phi) is 5.59. The van der Waals surface area contributed by atoms with Crippen LogP contribution in [0.1, 0.15) is 30.2 Å². The first-order chi connectivity index (χ1) is 13.6. The van der Waals surface area contributed by atoms with Crippen LogP contribution in [0.2, 0.25) is 10.0 Å². The quantitative estimate of drug-likeness (QED) is 0.630. The van der Waals surface area contributed by atoms with Crippen molar-refractivity contribution in [2.24, 2.45) is 0 Å². The first-order valence-corrected chi connectivity index (χ1v) is 9.82. The average Bonchev–Trinajstić information content (AvgIpc) is 3.22. The molecule has 1 saturated heterocycles. The predicted octanol–water partition coefficient (Wildman–Crippen LogP) is 4.39. The van der Waals surface area contributed by atoms with Crippen LogP contribution in [0.25, 0.3) is 11.5 Å². The molecule has 8 heteroatoms. The Balaban J connectivity index is 1.35. The fourth-order valence-electron chi connectivity index (χ4n) is 3.31. The van der Waals surface area contributed by atoms with E-state index in [1.54, 1.807) is 18.3 Å². The highest BCUT2D eigenvalue weighted by Gasteiger charge is 2.27. The van der Waals surface area contributed by atoms with Crippen molar-refractivity contribution in [3.05, 3.63) is 64.1 Å². The van der Waals surface area contributed by atoms with Gasteiger partial charge in [-0.2, -0.15) is 4.98 Å². The highest BCUT2D eigenvalue weighted by Crippen LogP contribution is 2.29.